The van der Waals surface area contributed by atoms with Crippen molar-refractivity contribution in [2.75, 3.05) is 5.32 Å². The Morgan fingerprint density at radius 2 is 1.90 bits per heavy atom. The summed E-state index contributed by atoms with van der Waals surface area (Å²) in [4.78, 5) is 0. The zero-order chi connectivity index (χ0) is 14.8. The Morgan fingerprint density at radius 3 is 2.48 bits per heavy atom. The molecular weight excluding hydrogens is 331 g/mol. The van der Waals surface area contributed by atoms with Gasteiger partial charge in [0.2, 0.25) is 0 Å². The van der Waals surface area contributed by atoms with E-state index in [2.05, 4.69) is 27.3 Å². The number of nitrogens with zero attached hydrogens (tertiary/aromatic N) is 1. The van der Waals surface area contributed by atoms with Crippen LogP contribution < -0.4 is 5.32 Å². The maximum Gasteiger partial charge on any atom is 0.123 e. The minimum Gasteiger partial charge on any atom is -0.377 e. The van der Waals surface area contributed by atoms with Crippen molar-refractivity contribution in [1.82, 2.24) is 0 Å². The van der Waals surface area contributed by atoms with Gasteiger partial charge in [0, 0.05) is 10.2 Å². The highest BCUT2D eigenvalue weighted by molar-refractivity contribution is 9.10. The van der Waals surface area contributed by atoms with Crippen LogP contribution in [0.1, 0.15) is 30.0 Å². The SMILES string of the molecule is N#Cc1ccc(NC(c2ccc(F)cc2)C2CC2)c(Br)c1. The van der Waals surface area contributed by atoms with Gasteiger partial charge in [-0.05, 0) is 70.6 Å². The molecule has 0 heterocycles. The number of hydrogen-bond donors (Lipinski definition) is 1. The molecule has 0 bridgehead atoms. The van der Waals surface area contributed by atoms with E-state index in [1.165, 1.54) is 25.0 Å². The van der Waals surface area contributed by atoms with Crippen molar-refractivity contribution in [3.63, 3.8) is 0 Å². The molecule has 0 aromatic heterocycles. The largest absolute Gasteiger partial charge is 0.377 e. The predicted octanol–water partition coefficient (Wildman–Crippen LogP) is 5.02. The van der Waals surface area contributed by atoms with E-state index in [1.807, 2.05) is 18.2 Å². The highest BCUT2D eigenvalue weighted by Crippen LogP contribution is 2.43. The molecule has 21 heavy (non-hydrogen) atoms. The third-order valence-electron chi connectivity index (χ3n) is 3.73. The second kappa shape index (κ2) is 5.87. The molecule has 1 saturated carbocycles. The summed E-state index contributed by atoms with van der Waals surface area (Å²) in [6.45, 7) is 0. The van der Waals surface area contributed by atoms with Crippen LogP contribution >= 0.6 is 15.9 Å². The fourth-order valence-corrected chi connectivity index (χ4v) is 2.94. The van der Waals surface area contributed by atoms with Gasteiger partial charge in [0.15, 0.2) is 0 Å². The van der Waals surface area contributed by atoms with Crippen molar-refractivity contribution >= 4 is 21.6 Å². The van der Waals surface area contributed by atoms with E-state index in [0.29, 0.717) is 11.5 Å². The molecule has 4 heteroatoms. The average molecular weight is 345 g/mol. The Bertz CT molecular complexity index is 687. The second-order valence-corrected chi connectivity index (χ2v) is 6.17. The summed E-state index contributed by atoms with van der Waals surface area (Å²) in [6.07, 6.45) is 2.37. The topological polar surface area (TPSA) is 35.8 Å². The molecule has 0 saturated heterocycles. The molecule has 1 N–H and O–H groups in total. The molecule has 1 aliphatic rings. The molecule has 2 aromatic rings. The van der Waals surface area contributed by atoms with Gasteiger partial charge < -0.3 is 5.32 Å². The smallest absolute Gasteiger partial charge is 0.123 e. The summed E-state index contributed by atoms with van der Waals surface area (Å²) in [6, 6.07) is 14.5. The van der Waals surface area contributed by atoms with Crippen LogP contribution in [0.2, 0.25) is 0 Å². The summed E-state index contributed by atoms with van der Waals surface area (Å²) in [5.74, 6) is 0.367. The third-order valence-corrected chi connectivity index (χ3v) is 4.39. The molecule has 106 valence electrons. The van der Waals surface area contributed by atoms with Crippen LogP contribution in [-0.4, -0.2) is 0 Å². The van der Waals surface area contributed by atoms with Crippen molar-refractivity contribution in [3.8, 4) is 6.07 Å². The highest BCUT2D eigenvalue weighted by atomic mass is 79.9. The molecular formula is C17H14BrFN2. The molecule has 1 fully saturated rings. The molecule has 1 atom stereocenters. The standard InChI is InChI=1S/C17H14BrFN2/c18-15-9-11(10-20)1-8-16(15)21-17(12-2-3-12)13-4-6-14(19)7-5-13/h1,4-9,12,17,21H,2-3H2. The first-order valence-corrected chi connectivity index (χ1v) is 7.68. The van der Waals surface area contributed by atoms with E-state index in [0.717, 1.165) is 15.7 Å². The Kier molecular flexibility index (Phi) is 3.94. The Morgan fingerprint density at radius 1 is 1.19 bits per heavy atom. The van der Waals surface area contributed by atoms with Crippen LogP contribution in [-0.2, 0) is 0 Å². The molecule has 1 unspecified atom stereocenters. The van der Waals surface area contributed by atoms with Gasteiger partial charge in [0.25, 0.3) is 0 Å². The Labute approximate surface area is 131 Å². The number of benzene rings is 2. The van der Waals surface area contributed by atoms with Gasteiger partial charge in [0.1, 0.15) is 5.82 Å². The quantitative estimate of drug-likeness (QED) is 0.844. The van der Waals surface area contributed by atoms with Crippen molar-refractivity contribution in [2.24, 2.45) is 5.92 Å². The zero-order valence-corrected chi connectivity index (χ0v) is 12.9. The molecule has 0 amide bonds. The van der Waals surface area contributed by atoms with E-state index in [9.17, 15) is 4.39 Å². The Balaban J connectivity index is 1.86. The fraction of sp³-hybridized carbons (Fsp3) is 0.235. The first-order chi connectivity index (χ1) is 10.2. The fourth-order valence-electron chi connectivity index (χ4n) is 2.44. The van der Waals surface area contributed by atoms with Gasteiger partial charge in [-0.2, -0.15) is 5.26 Å². The first-order valence-electron chi connectivity index (χ1n) is 6.89. The van der Waals surface area contributed by atoms with Gasteiger partial charge in [0.05, 0.1) is 17.7 Å². The first kappa shape index (κ1) is 14.1. The number of rotatable bonds is 4. The molecule has 2 nitrogen and oxygen atoms in total. The van der Waals surface area contributed by atoms with Crippen LogP contribution in [0.5, 0.6) is 0 Å². The third kappa shape index (κ3) is 3.25. The van der Waals surface area contributed by atoms with Crippen molar-refractivity contribution in [2.45, 2.75) is 18.9 Å². The summed E-state index contributed by atoms with van der Waals surface area (Å²) < 4.78 is 14.0. The predicted molar refractivity (Wildman–Crippen MR) is 84.3 cm³/mol. The van der Waals surface area contributed by atoms with Gasteiger partial charge in [-0.1, -0.05) is 12.1 Å². The lowest BCUT2D eigenvalue weighted by atomic mass is 10.0. The second-order valence-electron chi connectivity index (χ2n) is 5.32. The van der Waals surface area contributed by atoms with Crippen LogP contribution in [0, 0.1) is 23.1 Å². The van der Waals surface area contributed by atoms with Gasteiger partial charge in [-0.3, -0.25) is 0 Å². The van der Waals surface area contributed by atoms with Gasteiger partial charge >= 0.3 is 0 Å². The maximum atomic E-state index is 13.1. The summed E-state index contributed by atoms with van der Waals surface area (Å²) in [7, 11) is 0. The number of hydrogen-bond acceptors (Lipinski definition) is 2. The number of halogens is 2. The van der Waals surface area contributed by atoms with Crippen LogP contribution in [0.15, 0.2) is 46.9 Å². The van der Waals surface area contributed by atoms with E-state index in [1.54, 1.807) is 12.1 Å². The van der Waals surface area contributed by atoms with Crippen molar-refractivity contribution < 1.29 is 4.39 Å². The van der Waals surface area contributed by atoms with E-state index >= 15 is 0 Å². The monoisotopic (exact) mass is 344 g/mol. The number of nitrogens with one attached hydrogen (secondary N) is 1. The number of nitriles is 1. The van der Waals surface area contributed by atoms with Crippen molar-refractivity contribution in [3.05, 3.63) is 63.9 Å². The summed E-state index contributed by atoms with van der Waals surface area (Å²) >= 11 is 3.50. The van der Waals surface area contributed by atoms with Crippen LogP contribution in [0.3, 0.4) is 0 Å². The Hall–Kier alpha value is -1.86. The molecule has 2 aromatic carbocycles. The molecule has 0 aliphatic heterocycles. The summed E-state index contributed by atoms with van der Waals surface area (Å²) in [5.41, 5.74) is 2.67. The molecule has 0 radical (unpaired) electrons. The molecule has 1 aliphatic carbocycles. The molecule has 0 spiro atoms. The van der Waals surface area contributed by atoms with E-state index in [-0.39, 0.29) is 11.9 Å². The van der Waals surface area contributed by atoms with Crippen molar-refractivity contribution in [1.29, 1.82) is 5.26 Å². The maximum absolute atomic E-state index is 13.1. The minimum atomic E-state index is -0.215. The van der Waals surface area contributed by atoms with Gasteiger partial charge in [-0.25, -0.2) is 4.39 Å². The van der Waals surface area contributed by atoms with Crippen LogP contribution in [0.25, 0.3) is 0 Å². The zero-order valence-electron chi connectivity index (χ0n) is 11.3. The lowest BCUT2D eigenvalue weighted by Crippen LogP contribution is -2.13. The lowest BCUT2D eigenvalue weighted by molar-refractivity contribution is 0.622. The minimum absolute atomic E-state index is 0.176. The lowest BCUT2D eigenvalue weighted by Gasteiger charge is -2.21. The van der Waals surface area contributed by atoms with E-state index in [4.69, 9.17) is 5.26 Å². The highest BCUT2D eigenvalue weighted by Gasteiger charge is 2.32. The van der Waals surface area contributed by atoms with Gasteiger partial charge in [-0.15, -0.1) is 0 Å². The number of anilines is 1. The van der Waals surface area contributed by atoms with Crippen LogP contribution in [0.4, 0.5) is 10.1 Å². The normalized spacial score (nSPS) is 15.3. The average Bonchev–Trinajstić information content (AvgIpc) is 3.32. The molecule has 3 rings (SSSR count). The summed E-state index contributed by atoms with van der Waals surface area (Å²) in [5, 5.41) is 12.4. The van der Waals surface area contributed by atoms with E-state index < -0.39 is 0 Å².